The van der Waals surface area contributed by atoms with Crippen LogP contribution < -0.4 is 5.69 Å². The number of fused-ring (bicyclic) bond motifs is 1. The van der Waals surface area contributed by atoms with Gasteiger partial charge in [-0.25, -0.2) is 9.78 Å². The Bertz CT molecular complexity index is 724. The summed E-state index contributed by atoms with van der Waals surface area (Å²) in [5.41, 5.74) is 3.28. The van der Waals surface area contributed by atoms with Crippen LogP contribution in [0.3, 0.4) is 0 Å². The van der Waals surface area contributed by atoms with Crippen LogP contribution in [0.4, 0.5) is 0 Å². The number of imidazole rings is 2. The molecule has 0 fully saturated rings. The van der Waals surface area contributed by atoms with Crippen LogP contribution >= 0.6 is 12.6 Å². The van der Waals surface area contributed by atoms with Crippen LogP contribution in [0.15, 0.2) is 29.2 Å². The summed E-state index contributed by atoms with van der Waals surface area (Å²) in [5, 5.41) is 0. The zero-order chi connectivity index (χ0) is 11.8. The third kappa shape index (κ3) is 1.76. The highest BCUT2D eigenvalue weighted by Gasteiger charge is 2.04. The van der Waals surface area contributed by atoms with Gasteiger partial charge in [0.1, 0.15) is 5.82 Å². The van der Waals surface area contributed by atoms with Gasteiger partial charge in [0, 0.05) is 11.3 Å². The van der Waals surface area contributed by atoms with Gasteiger partial charge in [0.15, 0.2) is 0 Å². The lowest BCUT2D eigenvalue weighted by Crippen LogP contribution is -1.99. The number of aromatic amines is 3. The van der Waals surface area contributed by atoms with Gasteiger partial charge in [-0.1, -0.05) is 6.07 Å². The first kappa shape index (κ1) is 10.2. The Balaban J connectivity index is 2.13. The molecule has 3 rings (SSSR count). The van der Waals surface area contributed by atoms with Crippen molar-refractivity contribution < 1.29 is 0 Å². The minimum atomic E-state index is -0.196. The van der Waals surface area contributed by atoms with Gasteiger partial charge < -0.3 is 15.0 Å². The maximum Gasteiger partial charge on any atom is 0.323 e. The molecule has 2 aromatic heterocycles. The SMILES string of the molecule is O=c1[nH]c2ccc(-c3cnc(CS)[nH]3)cc2[nH]1. The molecule has 0 aliphatic heterocycles. The van der Waals surface area contributed by atoms with Gasteiger partial charge in [0.25, 0.3) is 0 Å². The highest BCUT2D eigenvalue weighted by Crippen LogP contribution is 2.20. The lowest BCUT2D eigenvalue weighted by atomic mass is 10.1. The molecule has 0 spiro atoms. The number of H-pyrrole nitrogens is 3. The van der Waals surface area contributed by atoms with E-state index in [4.69, 9.17) is 0 Å². The predicted molar refractivity (Wildman–Crippen MR) is 69.2 cm³/mol. The quantitative estimate of drug-likeness (QED) is 0.519. The van der Waals surface area contributed by atoms with Gasteiger partial charge in [0.05, 0.1) is 22.9 Å². The summed E-state index contributed by atoms with van der Waals surface area (Å²) < 4.78 is 0. The van der Waals surface area contributed by atoms with Crippen LogP contribution in [0.1, 0.15) is 5.82 Å². The maximum atomic E-state index is 11.1. The molecular weight excluding hydrogens is 236 g/mol. The topological polar surface area (TPSA) is 77.3 Å². The minimum absolute atomic E-state index is 0.196. The molecule has 3 N–H and O–H groups in total. The molecule has 2 heterocycles. The summed E-state index contributed by atoms with van der Waals surface area (Å²) in [6, 6.07) is 5.70. The van der Waals surface area contributed by atoms with Crippen molar-refractivity contribution in [2.45, 2.75) is 5.75 Å². The predicted octanol–water partition coefficient (Wildman–Crippen LogP) is 1.68. The van der Waals surface area contributed by atoms with E-state index < -0.39 is 0 Å². The second-order valence-corrected chi connectivity index (χ2v) is 4.06. The standard InChI is InChI=1S/C11H10N4OS/c16-11-14-7-2-1-6(3-8(7)15-11)9-4-12-10(5-17)13-9/h1-4,17H,5H2,(H,12,13)(H2,14,15,16). The Morgan fingerprint density at radius 3 is 2.76 bits per heavy atom. The minimum Gasteiger partial charge on any atom is -0.341 e. The molecular formula is C11H10N4OS. The fourth-order valence-electron chi connectivity index (χ4n) is 1.79. The van der Waals surface area contributed by atoms with E-state index in [-0.39, 0.29) is 5.69 Å². The van der Waals surface area contributed by atoms with Crippen molar-refractivity contribution in [1.29, 1.82) is 0 Å². The van der Waals surface area contributed by atoms with Gasteiger partial charge in [-0.2, -0.15) is 12.6 Å². The van der Waals surface area contributed by atoms with Crippen molar-refractivity contribution in [2.24, 2.45) is 0 Å². The second-order valence-electron chi connectivity index (χ2n) is 3.74. The van der Waals surface area contributed by atoms with Gasteiger partial charge in [-0.3, -0.25) is 0 Å². The molecule has 1 aromatic carbocycles. The second kappa shape index (κ2) is 3.81. The Hall–Kier alpha value is -1.95. The van der Waals surface area contributed by atoms with E-state index in [0.717, 1.165) is 28.1 Å². The summed E-state index contributed by atoms with van der Waals surface area (Å²) in [4.78, 5) is 23.9. The molecule has 0 unspecified atom stereocenters. The van der Waals surface area contributed by atoms with Crippen molar-refractivity contribution in [1.82, 2.24) is 19.9 Å². The molecule has 0 aliphatic rings. The maximum absolute atomic E-state index is 11.1. The smallest absolute Gasteiger partial charge is 0.323 e. The average Bonchev–Trinajstić information content (AvgIpc) is 2.92. The highest BCUT2D eigenvalue weighted by molar-refractivity contribution is 7.79. The van der Waals surface area contributed by atoms with Crippen molar-refractivity contribution >= 4 is 23.7 Å². The monoisotopic (exact) mass is 246 g/mol. The van der Waals surface area contributed by atoms with Crippen molar-refractivity contribution in [3.63, 3.8) is 0 Å². The van der Waals surface area contributed by atoms with Crippen LogP contribution in [0, 0.1) is 0 Å². The Morgan fingerprint density at radius 1 is 1.18 bits per heavy atom. The number of hydrogen-bond acceptors (Lipinski definition) is 3. The summed E-state index contributed by atoms with van der Waals surface area (Å²) in [6.45, 7) is 0. The molecule has 0 aliphatic carbocycles. The molecule has 0 saturated heterocycles. The Morgan fingerprint density at radius 2 is 2.00 bits per heavy atom. The lowest BCUT2D eigenvalue weighted by Gasteiger charge is -1.97. The van der Waals surface area contributed by atoms with E-state index in [1.165, 1.54) is 0 Å². The molecule has 0 bridgehead atoms. The van der Waals surface area contributed by atoms with Crippen LogP contribution in [0.5, 0.6) is 0 Å². The number of hydrogen-bond donors (Lipinski definition) is 4. The molecule has 3 aromatic rings. The van der Waals surface area contributed by atoms with Crippen molar-refractivity contribution in [2.75, 3.05) is 0 Å². The van der Waals surface area contributed by atoms with E-state index in [1.807, 2.05) is 18.2 Å². The fraction of sp³-hybridized carbons (Fsp3) is 0.0909. The zero-order valence-electron chi connectivity index (χ0n) is 8.82. The van der Waals surface area contributed by atoms with Gasteiger partial charge in [-0.05, 0) is 12.1 Å². The van der Waals surface area contributed by atoms with Crippen LogP contribution in [0.25, 0.3) is 22.3 Å². The zero-order valence-corrected chi connectivity index (χ0v) is 9.71. The van der Waals surface area contributed by atoms with E-state index in [2.05, 4.69) is 32.6 Å². The number of nitrogens with zero attached hydrogens (tertiary/aromatic N) is 1. The van der Waals surface area contributed by atoms with E-state index in [9.17, 15) is 4.79 Å². The summed E-state index contributed by atoms with van der Waals surface area (Å²) in [7, 11) is 0. The average molecular weight is 246 g/mol. The third-order valence-corrected chi connectivity index (χ3v) is 2.90. The van der Waals surface area contributed by atoms with Crippen LogP contribution in [-0.4, -0.2) is 19.9 Å². The van der Waals surface area contributed by atoms with Gasteiger partial charge in [-0.15, -0.1) is 0 Å². The number of thiol groups is 1. The van der Waals surface area contributed by atoms with Gasteiger partial charge >= 0.3 is 5.69 Å². The van der Waals surface area contributed by atoms with Crippen LogP contribution in [0.2, 0.25) is 0 Å². The molecule has 86 valence electrons. The third-order valence-electron chi connectivity index (χ3n) is 2.61. The molecule has 17 heavy (non-hydrogen) atoms. The largest absolute Gasteiger partial charge is 0.341 e. The first-order valence-corrected chi connectivity index (χ1v) is 5.76. The number of rotatable bonds is 2. The molecule has 5 nitrogen and oxygen atoms in total. The molecule has 0 radical (unpaired) electrons. The summed E-state index contributed by atoms with van der Waals surface area (Å²) >= 11 is 4.15. The van der Waals surface area contributed by atoms with Crippen LogP contribution in [-0.2, 0) is 5.75 Å². The fourth-order valence-corrected chi connectivity index (χ4v) is 1.95. The van der Waals surface area contributed by atoms with E-state index >= 15 is 0 Å². The molecule has 0 saturated carbocycles. The lowest BCUT2D eigenvalue weighted by molar-refractivity contribution is 1.13. The van der Waals surface area contributed by atoms with Crippen molar-refractivity contribution in [3.8, 4) is 11.3 Å². The number of aromatic nitrogens is 4. The molecule has 0 amide bonds. The summed E-state index contributed by atoms with van der Waals surface area (Å²) in [5.74, 6) is 1.40. The number of nitrogens with one attached hydrogen (secondary N) is 3. The normalized spacial score (nSPS) is 11.1. The first-order valence-electron chi connectivity index (χ1n) is 5.13. The first-order chi connectivity index (χ1) is 8.26. The van der Waals surface area contributed by atoms with E-state index in [0.29, 0.717) is 5.75 Å². The molecule has 0 atom stereocenters. The highest BCUT2D eigenvalue weighted by atomic mass is 32.1. The molecule has 6 heteroatoms. The number of benzene rings is 1. The van der Waals surface area contributed by atoms with Crippen molar-refractivity contribution in [3.05, 3.63) is 40.7 Å². The van der Waals surface area contributed by atoms with Gasteiger partial charge in [0.2, 0.25) is 0 Å². The Kier molecular flexibility index (Phi) is 2.29. The van der Waals surface area contributed by atoms with E-state index in [1.54, 1.807) is 6.20 Å². The Labute approximate surface area is 102 Å². The summed E-state index contributed by atoms with van der Waals surface area (Å²) in [6.07, 6.45) is 1.76.